The highest BCUT2D eigenvalue weighted by Gasteiger charge is 2.45. The van der Waals surface area contributed by atoms with E-state index in [1.54, 1.807) is 0 Å². The van der Waals surface area contributed by atoms with Crippen molar-refractivity contribution in [3.05, 3.63) is 108 Å². The van der Waals surface area contributed by atoms with E-state index in [1.807, 2.05) is 0 Å². The second-order valence-corrected chi connectivity index (χ2v) is 13.2. The van der Waals surface area contributed by atoms with E-state index in [2.05, 4.69) is 89.2 Å². The molecule has 0 saturated heterocycles. The summed E-state index contributed by atoms with van der Waals surface area (Å²) < 4.78 is 0. The average Bonchev–Trinajstić information content (AvgIpc) is 3.28. The van der Waals surface area contributed by atoms with Gasteiger partial charge in [0, 0.05) is 0 Å². The minimum atomic E-state index is 0.445. The highest BCUT2D eigenvalue weighted by atomic mass is 14.5. The van der Waals surface area contributed by atoms with Crippen LogP contribution in [0.3, 0.4) is 0 Å². The van der Waals surface area contributed by atoms with Crippen LogP contribution in [0.15, 0.2) is 91.1 Å². The SMILES string of the molecule is C=C(Cc1cccc(CC)c1)C(CC)C1CC(C(=C)CC2CCCC(C)C2C)C(C(C)c2ccccc2)C1=C. The molecule has 39 heavy (non-hydrogen) atoms. The van der Waals surface area contributed by atoms with Crippen LogP contribution in [-0.4, -0.2) is 0 Å². The summed E-state index contributed by atoms with van der Waals surface area (Å²) in [7, 11) is 0. The van der Waals surface area contributed by atoms with Crippen LogP contribution in [-0.2, 0) is 12.8 Å². The summed E-state index contributed by atoms with van der Waals surface area (Å²) in [6.07, 6.45) is 9.69. The quantitative estimate of drug-likeness (QED) is 0.257. The fraction of sp³-hybridized carbons (Fsp3) is 0.538. The van der Waals surface area contributed by atoms with Gasteiger partial charge in [-0.1, -0.05) is 139 Å². The first kappa shape index (κ1) is 29.6. The molecule has 0 aromatic heterocycles. The maximum atomic E-state index is 4.87. The molecule has 8 unspecified atom stereocenters. The molecule has 0 N–H and O–H groups in total. The molecule has 0 aliphatic heterocycles. The Morgan fingerprint density at radius 3 is 2.36 bits per heavy atom. The van der Waals surface area contributed by atoms with Gasteiger partial charge in [0.25, 0.3) is 0 Å². The molecule has 2 fully saturated rings. The lowest BCUT2D eigenvalue weighted by Gasteiger charge is -2.36. The third-order valence-electron chi connectivity index (χ3n) is 10.9. The van der Waals surface area contributed by atoms with Gasteiger partial charge >= 0.3 is 0 Å². The minimum absolute atomic E-state index is 0.445. The van der Waals surface area contributed by atoms with Crippen molar-refractivity contribution in [2.75, 3.05) is 0 Å². The van der Waals surface area contributed by atoms with Gasteiger partial charge in [0.05, 0.1) is 0 Å². The molecule has 210 valence electrons. The van der Waals surface area contributed by atoms with Crippen molar-refractivity contribution < 1.29 is 0 Å². The first-order valence-corrected chi connectivity index (χ1v) is 15.9. The predicted molar refractivity (Wildman–Crippen MR) is 171 cm³/mol. The number of rotatable bonds is 11. The molecule has 0 amide bonds. The van der Waals surface area contributed by atoms with Crippen LogP contribution >= 0.6 is 0 Å². The zero-order valence-corrected chi connectivity index (χ0v) is 25.6. The lowest BCUT2D eigenvalue weighted by molar-refractivity contribution is 0.176. The van der Waals surface area contributed by atoms with Gasteiger partial charge in [0.2, 0.25) is 0 Å². The van der Waals surface area contributed by atoms with Crippen LogP contribution in [0.2, 0.25) is 0 Å². The molecule has 2 aliphatic carbocycles. The average molecular weight is 523 g/mol. The Kier molecular flexibility index (Phi) is 10.1. The fourth-order valence-corrected chi connectivity index (χ4v) is 8.23. The largest absolute Gasteiger partial charge is 0.0995 e. The van der Waals surface area contributed by atoms with Crippen molar-refractivity contribution in [2.45, 2.75) is 91.9 Å². The van der Waals surface area contributed by atoms with E-state index >= 15 is 0 Å². The summed E-state index contributed by atoms with van der Waals surface area (Å²) >= 11 is 0. The summed E-state index contributed by atoms with van der Waals surface area (Å²) in [6.45, 7) is 26.4. The minimum Gasteiger partial charge on any atom is -0.0995 e. The number of allylic oxidation sites excluding steroid dienone is 3. The number of hydrogen-bond donors (Lipinski definition) is 0. The molecule has 0 spiro atoms. The molecule has 2 aromatic rings. The van der Waals surface area contributed by atoms with Crippen LogP contribution < -0.4 is 0 Å². The summed E-state index contributed by atoms with van der Waals surface area (Å²) in [5, 5.41) is 0. The molecule has 0 nitrogen and oxygen atoms in total. The Hall–Kier alpha value is -2.34. The monoisotopic (exact) mass is 522 g/mol. The van der Waals surface area contributed by atoms with Crippen LogP contribution in [0.1, 0.15) is 95.8 Å². The van der Waals surface area contributed by atoms with Gasteiger partial charge in [0.1, 0.15) is 0 Å². The van der Waals surface area contributed by atoms with Gasteiger partial charge in [-0.15, -0.1) is 0 Å². The second kappa shape index (κ2) is 13.3. The number of hydrogen-bond acceptors (Lipinski definition) is 0. The Morgan fingerprint density at radius 2 is 1.67 bits per heavy atom. The van der Waals surface area contributed by atoms with Crippen molar-refractivity contribution in [1.82, 2.24) is 0 Å². The van der Waals surface area contributed by atoms with Crippen molar-refractivity contribution >= 4 is 0 Å². The molecule has 4 rings (SSSR count). The lowest BCUT2D eigenvalue weighted by Crippen LogP contribution is -2.26. The van der Waals surface area contributed by atoms with E-state index in [0.29, 0.717) is 29.6 Å². The Morgan fingerprint density at radius 1 is 0.949 bits per heavy atom. The third-order valence-corrected chi connectivity index (χ3v) is 10.9. The van der Waals surface area contributed by atoms with E-state index < -0.39 is 0 Å². The number of aryl methyl sites for hydroxylation is 1. The molecule has 0 bridgehead atoms. The first-order valence-electron chi connectivity index (χ1n) is 15.9. The normalized spacial score (nSPS) is 28.7. The Labute approximate surface area is 240 Å². The van der Waals surface area contributed by atoms with Crippen LogP contribution in [0.25, 0.3) is 0 Å². The second-order valence-electron chi connectivity index (χ2n) is 13.2. The summed E-state index contributed by atoms with van der Waals surface area (Å²) in [4.78, 5) is 0. The maximum Gasteiger partial charge on any atom is -0.00667 e. The van der Waals surface area contributed by atoms with Gasteiger partial charge in [-0.25, -0.2) is 0 Å². The van der Waals surface area contributed by atoms with Crippen LogP contribution in [0.5, 0.6) is 0 Å². The van der Waals surface area contributed by atoms with Gasteiger partial charge in [-0.2, -0.15) is 0 Å². The van der Waals surface area contributed by atoms with E-state index in [1.165, 1.54) is 65.5 Å². The van der Waals surface area contributed by atoms with E-state index in [9.17, 15) is 0 Å². The third kappa shape index (κ3) is 6.70. The van der Waals surface area contributed by atoms with E-state index in [0.717, 1.165) is 37.0 Å². The van der Waals surface area contributed by atoms with Gasteiger partial charge < -0.3 is 0 Å². The Bertz CT molecular complexity index is 1120. The zero-order valence-electron chi connectivity index (χ0n) is 25.6. The molecule has 0 heteroatoms. The molecule has 8 atom stereocenters. The topological polar surface area (TPSA) is 0 Å². The molecular weight excluding hydrogens is 468 g/mol. The fourth-order valence-electron chi connectivity index (χ4n) is 8.23. The molecule has 0 radical (unpaired) electrons. The zero-order chi connectivity index (χ0) is 28.1. The summed E-state index contributed by atoms with van der Waals surface area (Å²) in [6, 6.07) is 20.2. The van der Waals surface area contributed by atoms with Gasteiger partial charge in [0.15, 0.2) is 0 Å². The molecular formula is C39H54. The lowest BCUT2D eigenvalue weighted by atomic mass is 9.69. The first-order chi connectivity index (χ1) is 18.7. The van der Waals surface area contributed by atoms with E-state index in [4.69, 9.17) is 19.7 Å². The molecule has 2 saturated carbocycles. The Balaban J connectivity index is 1.58. The molecule has 0 heterocycles. The van der Waals surface area contributed by atoms with Crippen LogP contribution in [0.4, 0.5) is 0 Å². The van der Waals surface area contributed by atoms with Gasteiger partial charge in [-0.05, 0) is 103 Å². The predicted octanol–water partition coefficient (Wildman–Crippen LogP) is 11.0. The number of benzene rings is 2. The van der Waals surface area contributed by atoms with Gasteiger partial charge in [-0.3, -0.25) is 0 Å². The standard InChI is InChI=1S/C39H54/c1-9-32-17-15-18-33(24-32)22-27(4)36(10-2)38-25-37(28(5)23-35-21-14-16-26(3)29(35)6)39(31(38)8)30(7)34-19-12-11-13-20-34/h11-13,15,17-20,24,26,29-30,35-39H,4-5,8-10,14,16,21-23,25H2,1-3,6-7H3. The molecule has 2 aliphatic rings. The van der Waals surface area contributed by atoms with E-state index in [-0.39, 0.29) is 0 Å². The maximum absolute atomic E-state index is 4.87. The van der Waals surface area contributed by atoms with Crippen molar-refractivity contribution in [3.63, 3.8) is 0 Å². The molecule has 2 aromatic carbocycles. The van der Waals surface area contributed by atoms with Crippen LogP contribution in [0, 0.1) is 41.4 Å². The van der Waals surface area contributed by atoms with Crippen molar-refractivity contribution in [3.8, 4) is 0 Å². The highest BCUT2D eigenvalue weighted by molar-refractivity contribution is 5.33. The summed E-state index contributed by atoms with van der Waals surface area (Å²) in [5.41, 5.74) is 8.58. The van der Waals surface area contributed by atoms with Crippen molar-refractivity contribution in [1.29, 1.82) is 0 Å². The summed E-state index contributed by atoms with van der Waals surface area (Å²) in [5.74, 6) is 4.77. The smallest absolute Gasteiger partial charge is 0.00667 e. The van der Waals surface area contributed by atoms with Crippen molar-refractivity contribution in [2.24, 2.45) is 41.4 Å². The highest BCUT2D eigenvalue weighted by Crippen LogP contribution is 2.55.